The van der Waals surface area contributed by atoms with Crippen LogP contribution in [-0.4, -0.2) is 34.9 Å². The van der Waals surface area contributed by atoms with Crippen molar-refractivity contribution < 1.29 is 4.79 Å². The number of aryl methyl sites for hydroxylation is 1. The molecule has 4 nitrogen and oxygen atoms in total. The highest BCUT2D eigenvalue weighted by Gasteiger charge is 2.25. The van der Waals surface area contributed by atoms with Gasteiger partial charge in [-0.25, -0.2) is 0 Å². The Morgan fingerprint density at radius 2 is 2.39 bits per heavy atom. The summed E-state index contributed by atoms with van der Waals surface area (Å²) in [7, 11) is 0. The second-order valence-corrected chi connectivity index (χ2v) is 4.92. The first-order valence-corrected chi connectivity index (χ1v) is 6.62. The van der Waals surface area contributed by atoms with Gasteiger partial charge in [-0.1, -0.05) is 6.07 Å². The molecule has 1 aromatic heterocycles. The maximum atomic E-state index is 12.3. The second kappa shape index (κ2) is 5.96. The maximum absolute atomic E-state index is 12.3. The summed E-state index contributed by atoms with van der Waals surface area (Å²) >= 11 is 0. The Labute approximate surface area is 108 Å². The van der Waals surface area contributed by atoms with Crippen molar-refractivity contribution in [1.29, 1.82) is 0 Å². The minimum Gasteiger partial charge on any atom is -0.338 e. The normalized spacial score (nSPS) is 19.9. The van der Waals surface area contributed by atoms with Crippen LogP contribution < -0.4 is 5.73 Å². The van der Waals surface area contributed by atoms with E-state index in [1.54, 1.807) is 6.20 Å². The molecule has 0 aliphatic carbocycles. The first-order chi connectivity index (χ1) is 8.72. The number of hydrogen-bond donors (Lipinski definition) is 1. The van der Waals surface area contributed by atoms with E-state index in [4.69, 9.17) is 5.73 Å². The lowest BCUT2D eigenvalue weighted by Crippen LogP contribution is -2.48. The van der Waals surface area contributed by atoms with E-state index in [9.17, 15) is 4.79 Å². The fraction of sp³-hybridized carbons (Fsp3) is 0.571. The van der Waals surface area contributed by atoms with Crippen LogP contribution in [0.5, 0.6) is 0 Å². The van der Waals surface area contributed by atoms with Crippen molar-refractivity contribution in [2.45, 2.75) is 38.6 Å². The third-order valence-electron chi connectivity index (χ3n) is 3.66. The van der Waals surface area contributed by atoms with E-state index in [0.29, 0.717) is 13.0 Å². The molecule has 0 saturated carbocycles. The van der Waals surface area contributed by atoms with Gasteiger partial charge in [0.05, 0.1) is 12.1 Å². The number of carbonyl (C=O) groups excluding carboxylic acids is 1. The highest BCUT2D eigenvalue weighted by molar-refractivity contribution is 5.79. The minimum absolute atomic E-state index is 0.159. The number of amides is 1. The topological polar surface area (TPSA) is 59.2 Å². The van der Waals surface area contributed by atoms with E-state index in [1.165, 1.54) is 6.42 Å². The molecule has 1 amide bonds. The van der Waals surface area contributed by atoms with Gasteiger partial charge in [0.15, 0.2) is 0 Å². The predicted molar refractivity (Wildman–Crippen MR) is 71.1 cm³/mol. The van der Waals surface area contributed by atoms with Gasteiger partial charge >= 0.3 is 0 Å². The lowest BCUT2D eigenvalue weighted by Gasteiger charge is -2.35. The van der Waals surface area contributed by atoms with E-state index >= 15 is 0 Å². The van der Waals surface area contributed by atoms with Crippen LogP contribution >= 0.6 is 0 Å². The number of nitrogens with two attached hydrogens (primary N) is 1. The molecule has 2 heterocycles. The smallest absolute Gasteiger partial charge is 0.228 e. The molecule has 0 spiro atoms. The monoisotopic (exact) mass is 247 g/mol. The fourth-order valence-corrected chi connectivity index (χ4v) is 2.52. The molecule has 1 saturated heterocycles. The molecule has 2 rings (SSSR count). The lowest BCUT2D eigenvalue weighted by atomic mass is 10.0. The van der Waals surface area contributed by atoms with Crippen LogP contribution in [0.3, 0.4) is 0 Å². The van der Waals surface area contributed by atoms with Crippen LogP contribution in [0.2, 0.25) is 0 Å². The number of nitrogens with zero attached hydrogens (tertiary/aromatic N) is 2. The molecule has 1 aliphatic rings. The summed E-state index contributed by atoms with van der Waals surface area (Å²) in [6.45, 7) is 3.39. The van der Waals surface area contributed by atoms with Crippen LogP contribution in [-0.2, 0) is 11.2 Å². The summed E-state index contributed by atoms with van der Waals surface area (Å²) in [5, 5.41) is 0. The van der Waals surface area contributed by atoms with Crippen molar-refractivity contribution in [1.82, 2.24) is 9.88 Å². The zero-order chi connectivity index (χ0) is 13.0. The molecule has 0 radical (unpaired) electrons. The van der Waals surface area contributed by atoms with E-state index in [1.807, 2.05) is 24.0 Å². The standard InChI is InChI=1S/C14H21N3O/c1-11-5-4-7-16-13(11)9-14(18)17-8-3-2-6-12(17)10-15/h4-5,7,12H,2-3,6,8-10,15H2,1H3. The van der Waals surface area contributed by atoms with E-state index < -0.39 is 0 Å². The highest BCUT2D eigenvalue weighted by atomic mass is 16.2. The van der Waals surface area contributed by atoms with E-state index in [0.717, 1.165) is 30.6 Å². The van der Waals surface area contributed by atoms with Crippen molar-refractivity contribution in [3.05, 3.63) is 29.6 Å². The second-order valence-electron chi connectivity index (χ2n) is 4.92. The molecule has 0 aromatic carbocycles. The number of piperidine rings is 1. The molecule has 18 heavy (non-hydrogen) atoms. The summed E-state index contributed by atoms with van der Waals surface area (Å²) in [6, 6.07) is 4.11. The van der Waals surface area contributed by atoms with Crippen LogP contribution in [0.25, 0.3) is 0 Å². The molecule has 1 unspecified atom stereocenters. The molecule has 98 valence electrons. The van der Waals surface area contributed by atoms with Gasteiger partial charge in [0.1, 0.15) is 0 Å². The average molecular weight is 247 g/mol. The van der Waals surface area contributed by atoms with Gasteiger partial charge in [-0.05, 0) is 37.8 Å². The highest BCUT2D eigenvalue weighted by Crippen LogP contribution is 2.17. The maximum Gasteiger partial charge on any atom is 0.228 e. The van der Waals surface area contributed by atoms with Crippen molar-refractivity contribution in [3.8, 4) is 0 Å². The van der Waals surface area contributed by atoms with Crippen LogP contribution in [0.15, 0.2) is 18.3 Å². The summed E-state index contributed by atoms with van der Waals surface area (Å²) in [5.74, 6) is 0.159. The number of carbonyl (C=O) groups is 1. The zero-order valence-electron chi connectivity index (χ0n) is 10.9. The summed E-state index contributed by atoms with van der Waals surface area (Å²) in [4.78, 5) is 18.5. The Bertz CT molecular complexity index is 419. The van der Waals surface area contributed by atoms with Gasteiger partial charge in [0, 0.05) is 25.3 Å². The molecular weight excluding hydrogens is 226 g/mol. The van der Waals surface area contributed by atoms with Crippen molar-refractivity contribution in [2.24, 2.45) is 5.73 Å². The molecule has 1 aromatic rings. The van der Waals surface area contributed by atoms with Crippen molar-refractivity contribution in [3.63, 3.8) is 0 Å². The molecular formula is C14H21N3O. The fourth-order valence-electron chi connectivity index (χ4n) is 2.52. The van der Waals surface area contributed by atoms with Crippen molar-refractivity contribution in [2.75, 3.05) is 13.1 Å². The lowest BCUT2D eigenvalue weighted by molar-refractivity contribution is -0.133. The Balaban J connectivity index is 2.05. The Morgan fingerprint density at radius 1 is 1.56 bits per heavy atom. The van der Waals surface area contributed by atoms with Gasteiger partial charge < -0.3 is 10.6 Å². The SMILES string of the molecule is Cc1cccnc1CC(=O)N1CCCCC1CN. The van der Waals surface area contributed by atoms with Crippen LogP contribution in [0, 0.1) is 6.92 Å². The van der Waals surface area contributed by atoms with E-state index in [-0.39, 0.29) is 11.9 Å². The van der Waals surface area contributed by atoms with Gasteiger partial charge in [-0.3, -0.25) is 9.78 Å². The first-order valence-electron chi connectivity index (χ1n) is 6.62. The Hall–Kier alpha value is -1.42. The minimum atomic E-state index is 0.159. The number of rotatable bonds is 3. The molecule has 2 N–H and O–H groups in total. The third kappa shape index (κ3) is 2.88. The number of pyridine rings is 1. The Kier molecular flexibility index (Phi) is 4.31. The van der Waals surface area contributed by atoms with E-state index in [2.05, 4.69) is 4.98 Å². The molecule has 1 atom stereocenters. The van der Waals surface area contributed by atoms with Crippen molar-refractivity contribution >= 4 is 5.91 Å². The van der Waals surface area contributed by atoms with Gasteiger partial charge in [-0.2, -0.15) is 0 Å². The zero-order valence-corrected chi connectivity index (χ0v) is 10.9. The largest absolute Gasteiger partial charge is 0.338 e. The summed E-state index contributed by atoms with van der Waals surface area (Å²) < 4.78 is 0. The van der Waals surface area contributed by atoms with Gasteiger partial charge in [0.25, 0.3) is 0 Å². The summed E-state index contributed by atoms with van der Waals surface area (Å²) in [5.41, 5.74) is 7.70. The predicted octanol–water partition coefficient (Wildman–Crippen LogP) is 1.27. The van der Waals surface area contributed by atoms with Crippen LogP contribution in [0.4, 0.5) is 0 Å². The van der Waals surface area contributed by atoms with Gasteiger partial charge in [0.2, 0.25) is 5.91 Å². The molecule has 1 fully saturated rings. The molecule has 1 aliphatic heterocycles. The van der Waals surface area contributed by atoms with Crippen LogP contribution in [0.1, 0.15) is 30.5 Å². The molecule has 4 heteroatoms. The number of likely N-dealkylation sites (tertiary alicyclic amines) is 1. The average Bonchev–Trinajstić information content (AvgIpc) is 2.41. The molecule has 0 bridgehead atoms. The number of hydrogen-bond acceptors (Lipinski definition) is 3. The summed E-state index contributed by atoms with van der Waals surface area (Å²) in [6.07, 6.45) is 5.43. The third-order valence-corrected chi connectivity index (χ3v) is 3.66. The Morgan fingerprint density at radius 3 is 3.11 bits per heavy atom. The quantitative estimate of drug-likeness (QED) is 0.875. The number of aromatic nitrogens is 1. The first kappa shape index (κ1) is 13.0. The van der Waals surface area contributed by atoms with Gasteiger partial charge in [-0.15, -0.1) is 0 Å².